The van der Waals surface area contributed by atoms with Gasteiger partial charge in [-0.3, -0.25) is 0 Å². The Balaban J connectivity index is 2.74. The van der Waals surface area contributed by atoms with Crippen molar-refractivity contribution < 1.29 is 5.21 Å². The molecule has 0 atom stereocenters. The Morgan fingerprint density at radius 1 is 1.42 bits per heavy atom. The molecule has 0 heterocycles. The lowest BCUT2D eigenvalue weighted by Gasteiger charge is -2.29. The fourth-order valence-electron chi connectivity index (χ4n) is 1.97. The minimum atomic E-state index is -0.300. The van der Waals surface area contributed by atoms with Gasteiger partial charge in [0.25, 0.3) is 0 Å². The van der Waals surface area contributed by atoms with E-state index >= 15 is 0 Å². The van der Waals surface area contributed by atoms with Gasteiger partial charge in [-0.2, -0.15) is 0 Å². The third-order valence-corrected chi connectivity index (χ3v) is 3.56. The fraction of sp³-hybridized carbons (Fsp3) is 0.533. The van der Waals surface area contributed by atoms with Gasteiger partial charge in [-0.05, 0) is 38.0 Å². The summed E-state index contributed by atoms with van der Waals surface area (Å²) < 4.78 is 0. The molecular weight excluding hydrogens is 238 g/mol. The quantitative estimate of drug-likeness (QED) is 0.359. The van der Waals surface area contributed by atoms with Crippen LogP contribution in [0.25, 0.3) is 0 Å². The largest absolute Gasteiger partial charge is 0.409 e. The first kappa shape index (κ1) is 15.3. The summed E-state index contributed by atoms with van der Waals surface area (Å²) in [5.74, 6) is 0.285. The van der Waals surface area contributed by atoms with Crippen molar-refractivity contribution in [2.45, 2.75) is 34.1 Å². The van der Waals surface area contributed by atoms with Crippen LogP contribution in [0, 0.1) is 12.3 Å². The number of nitrogens with two attached hydrogens (primary N) is 1. The van der Waals surface area contributed by atoms with Crippen molar-refractivity contribution in [3.05, 3.63) is 29.8 Å². The molecule has 0 aromatic heterocycles. The first-order chi connectivity index (χ1) is 8.90. The third kappa shape index (κ3) is 4.16. The van der Waals surface area contributed by atoms with E-state index in [1.165, 1.54) is 11.3 Å². The zero-order chi connectivity index (χ0) is 14.5. The summed E-state index contributed by atoms with van der Waals surface area (Å²) in [6.07, 6.45) is 0.838. The molecule has 0 aliphatic rings. The van der Waals surface area contributed by atoms with Crippen LogP contribution >= 0.6 is 0 Å². The van der Waals surface area contributed by atoms with Crippen LogP contribution in [0.2, 0.25) is 0 Å². The van der Waals surface area contributed by atoms with Gasteiger partial charge in [0.1, 0.15) is 5.84 Å². The molecule has 1 rings (SSSR count). The maximum atomic E-state index is 8.80. The minimum Gasteiger partial charge on any atom is -0.409 e. The lowest BCUT2D eigenvalue weighted by atomic mass is 9.88. The van der Waals surface area contributed by atoms with E-state index in [0.717, 1.165) is 19.5 Å². The predicted octanol–water partition coefficient (Wildman–Crippen LogP) is 2.98. The highest BCUT2D eigenvalue weighted by Crippen LogP contribution is 2.23. The number of hydrogen-bond acceptors (Lipinski definition) is 3. The highest BCUT2D eigenvalue weighted by atomic mass is 16.4. The lowest BCUT2D eigenvalue weighted by molar-refractivity contribution is 0.305. The summed E-state index contributed by atoms with van der Waals surface area (Å²) in [4.78, 5) is 2.30. The predicted molar refractivity (Wildman–Crippen MR) is 80.9 cm³/mol. The summed E-state index contributed by atoms with van der Waals surface area (Å²) in [6, 6.07) is 8.46. The van der Waals surface area contributed by atoms with E-state index in [2.05, 4.69) is 48.2 Å². The monoisotopic (exact) mass is 263 g/mol. The van der Waals surface area contributed by atoms with Gasteiger partial charge in [0.15, 0.2) is 0 Å². The highest BCUT2D eigenvalue weighted by Gasteiger charge is 2.24. The van der Waals surface area contributed by atoms with E-state index in [4.69, 9.17) is 10.9 Å². The number of oxime groups is 1. The molecule has 4 nitrogen and oxygen atoms in total. The zero-order valence-corrected chi connectivity index (χ0v) is 12.3. The van der Waals surface area contributed by atoms with Crippen LogP contribution in [-0.4, -0.2) is 24.1 Å². The SMILES string of the molecule is CCN(CCC(C)(C)C(N)=NO)c1cccc(C)c1. The highest BCUT2D eigenvalue weighted by molar-refractivity contribution is 5.85. The molecule has 0 fully saturated rings. The van der Waals surface area contributed by atoms with Gasteiger partial charge in [0.2, 0.25) is 0 Å². The van der Waals surface area contributed by atoms with Gasteiger partial charge in [-0.25, -0.2) is 0 Å². The second-order valence-electron chi connectivity index (χ2n) is 5.54. The van der Waals surface area contributed by atoms with Gasteiger partial charge in [-0.15, -0.1) is 0 Å². The second-order valence-corrected chi connectivity index (χ2v) is 5.54. The molecule has 0 bridgehead atoms. The molecule has 0 radical (unpaired) electrons. The number of benzene rings is 1. The minimum absolute atomic E-state index is 0.285. The molecule has 0 amide bonds. The standard InChI is InChI=1S/C15H25N3O/c1-5-18(13-8-6-7-12(2)11-13)10-9-15(3,4)14(16)17-19/h6-8,11,19H,5,9-10H2,1-4H3,(H2,16,17). The van der Waals surface area contributed by atoms with Crippen LogP contribution in [0.5, 0.6) is 0 Å². The van der Waals surface area contributed by atoms with Crippen molar-refractivity contribution in [1.29, 1.82) is 0 Å². The number of hydrogen-bond donors (Lipinski definition) is 2. The topological polar surface area (TPSA) is 61.8 Å². The molecule has 106 valence electrons. The van der Waals surface area contributed by atoms with Crippen molar-refractivity contribution >= 4 is 11.5 Å². The first-order valence-electron chi connectivity index (χ1n) is 6.70. The van der Waals surface area contributed by atoms with E-state index in [1.54, 1.807) is 0 Å². The van der Waals surface area contributed by atoms with E-state index in [9.17, 15) is 0 Å². The van der Waals surface area contributed by atoms with Crippen LogP contribution in [-0.2, 0) is 0 Å². The maximum Gasteiger partial charge on any atom is 0.144 e. The number of aryl methyl sites for hydroxylation is 1. The van der Waals surface area contributed by atoms with Crippen molar-refractivity contribution in [2.75, 3.05) is 18.0 Å². The number of amidine groups is 1. The number of nitrogens with zero attached hydrogens (tertiary/aromatic N) is 2. The van der Waals surface area contributed by atoms with Gasteiger partial charge in [0.05, 0.1) is 0 Å². The van der Waals surface area contributed by atoms with Crippen molar-refractivity contribution in [1.82, 2.24) is 0 Å². The zero-order valence-electron chi connectivity index (χ0n) is 12.3. The molecule has 4 heteroatoms. The summed E-state index contributed by atoms with van der Waals surface area (Å²) in [5.41, 5.74) is 7.90. The Labute approximate surface area is 115 Å². The molecule has 0 aliphatic carbocycles. The van der Waals surface area contributed by atoms with Gasteiger partial charge in [0, 0.05) is 24.2 Å². The third-order valence-electron chi connectivity index (χ3n) is 3.56. The summed E-state index contributed by atoms with van der Waals surface area (Å²) in [7, 11) is 0. The van der Waals surface area contributed by atoms with E-state index in [1.807, 2.05) is 13.8 Å². The average Bonchev–Trinajstić information content (AvgIpc) is 2.38. The second kappa shape index (κ2) is 6.45. The molecule has 0 unspecified atom stereocenters. The van der Waals surface area contributed by atoms with E-state index < -0.39 is 0 Å². The van der Waals surface area contributed by atoms with Crippen molar-refractivity contribution in [2.24, 2.45) is 16.3 Å². The Morgan fingerprint density at radius 3 is 2.63 bits per heavy atom. The number of rotatable bonds is 6. The fourth-order valence-corrected chi connectivity index (χ4v) is 1.97. The summed E-state index contributed by atoms with van der Waals surface area (Å²) in [6.45, 7) is 10.0. The van der Waals surface area contributed by atoms with Crippen LogP contribution < -0.4 is 10.6 Å². The summed E-state index contributed by atoms with van der Waals surface area (Å²) >= 11 is 0. The Bertz CT molecular complexity index is 441. The van der Waals surface area contributed by atoms with Crippen LogP contribution in [0.1, 0.15) is 32.8 Å². The average molecular weight is 263 g/mol. The van der Waals surface area contributed by atoms with Crippen LogP contribution in [0.3, 0.4) is 0 Å². The Morgan fingerprint density at radius 2 is 2.11 bits per heavy atom. The van der Waals surface area contributed by atoms with E-state index in [0.29, 0.717) is 0 Å². The van der Waals surface area contributed by atoms with Gasteiger partial charge >= 0.3 is 0 Å². The molecular formula is C15H25N3O. The first-order valence-corrected chi connectivity index (χ1v) is 6.70. The Kier molecular flexibility index (Phi) is 5.21. The summed E-state index contributed by atoms with van der Waals surface area (Å²) in [5, 5.41) is 11.9. The molecule has 0 saturated heterocycles. The van der Waals surface area contributed by atoms with Crippen LogP contribution in [0.15, 0.2) is 29.4 Å². The molecule has 3 N–H and O–H groups in total. The molecule has 1 aromatic carbocycles. The van der Waals surface area contributed by atoms with Crippen molar-refractivity contribution in [3.63, 3.8) is 0 Å². The molecule has 19 heavy (non-hydrogen) atoms. The molecule has 1 aromatic rings. The van der Waals surface area contributed by atoms with Crippen molar-refractivity contribution in [3.8, 4) is 0 Å². The lowest BCUT2D eigenvalue weighted by Crippen LogP contribution is -2.36. The molecule has 0 spiro atoms. The van der Waals surface area contributed by atoms with Gasteiger partial charge < -0.3 is 15.8 Å². The Hall–Kier alpha value is -1.71. The normalized spacial score (nSPS) is 12.5. The maximum absolute atomic E-state index is 8.80. The van der Waals surface area contributed by atoms with E-state index in [-0.39, 0.29) is 11.3 Å². The molecule has 0 aliphatic heterocycles. The number of anilines is 1. The van der Waals surface area contributed by atoms with Gasteiger partial charge in [-0.1, -0.05) is 31.1 Å². The molecule has 0 saturated carbocycles. The smallest absolute Gasteiger partial charge is 0.144 e. The van der Waals surface area contributed by atoms with Crippen LogP contribution in [0.4, 0.5) is 5.69 Å².